The number of hydrogen-bond acceptors (Lipinski definition) is 6. The molecular weight excluding hydrogens is 374 g/mol. The second-order valence-corrected chi connectivity index (χ2v) is 6.51. The smallest absolute Gasteiger partial charge is 0.407 e. The minimum Gasteiger partial charge on any atom is -0.466 e. The summed E-state index contributed by atoms with van der Waals surface area (Å²) in [4.78, 5) is 23.2. The maximum Gasteiger partial charge on any atom is 0.407 e. The lowest BCUT2D eigenvalue weighted by Gasteiger charge is -2.18. The number of alkyl carbamates (subject to hydrolysis) is 1. The van der Waals surface area contributed by atoms with Gasteiger partial charge in [-0.25, -0.2) is 4.79 Å². The third kappa shape index (κ3) is 7.93. The largest absolute Gasteiger partial charge is 0.466 e. The van der Waals surface area contributed by atoms with Crippen LogP contribution in [0, 0.1) is 0 Å². The van der Waals surface area contributed by atoms with Crippen LogP contribution in [0.25, 0.3) is 0 Å². The first kappa shape index (κ1) is 22.4. The highest BCUT2D eigenvalue weighted by atomic mass is 16.5. The van der Waals surface area contributed by atoms with Gasteiger partial charge in [-0.1, -0.05) is 54.6 Å². The molecule has 29 heavy (non-hydrogen) atoms. The molecule has 0 aliphatic heterocycles. The van der Waals surface area contributed by atoms with Crippen LogP contribution in [-0.2, 0) is 27.3 Å². The SMILES string of the molecule is CCOC(=O)Cc1ccc(C(O)C(O)CCNC(=O)OCc2ccccc2)cc1. The van der Waals surface area contributed by atoms with Crippen molar-refractivity contribution in [2.75, 3.05) is 13.2 Å². The van der Waals surface area contributed by atoms with Gasteiger partial charge in [-0.2, -0.15) is 0 Å². The lowest BCUT2D eigenvalue weighted by molar-refractivity contribution is -0.142. The second kappa shape index (κ2) is 11.8. The molecule has 2 aromatic rings. The fourth-order valence-corrected chi connectivity index (χ4v) is 2.69. The highest BCUT2D eigenvalue weighted by Crippen LogP contribution is 2.19. The Morgan fingerprint density at radius 3 is 2.31 bits per heavy atom. The van der Waals surface area contributed by atoms with Gasteiger partial charge in [-0.05, 0) is 30.0 Å². The van der Waals surface area contributed by atoms with E-state index in [1.807, 2.05) is 30.3 Å². The van der Waals surface area contributed by atoms with Crippen LogP contribution in [0.2, 0.25) is 0 Å². The van der Waals surface area contributed by atoms with Crippen LogP contribution < -0.4 is 5.32 Å². The van der Waals surface area contributed by atoms with E-state index < -0.39 is 18.3 Å². The lowest BCUT2D eigenvalue weighted by atomic mass is 10.00. The van der Waals surface area contributed by atoms with Gasteiger partial charge in [0.25, 0.3) is 0 Å². The molecule has 0 saturated heterocycles. The van der Waals surface area contributed by atoms with Crippen LogP contribution in [0.4, 0.5) is 4.79 Å². The van der Waals surface area contributed by atoms with Crippen LogP contribution in [0.3, 0.4) is 0 Å². The zero-order chi connectivity index (χ0) is 21.1. The number of benzene rings is 2. The van der Waals surface area contributed by atoms with Crippen molar-refractivity contribution >= 4 is 12.1 Å². The number of aliphatic hydroxyl groups excluding tert-OH is 2. The summed E-state index contributed by atoms with van der Waals surface area (Å²) >= 11 is 0. The summed E-state index contributed by atoms with van der Waals surface area (Å²) in [6.45, 7) is 2.40. The quantitative estimate of drug-likeness (QED) is 0.529. The zero-order valence-corrected chi connectivity index (χ0v) is 16.4. The third-order valence-electron chi connectivity index (χ3n) is 4.26. The van der Waals surface area contributed by atoms with Gasteiger partial charge in [0.15, 0.2) is 0 Å². The first-order chi connectivity index (χ1) is 14.0. The van der Waals surface area contributed by atoms with E-state index in [0.717, 1.165) is 11.1 Å². The van der Waals surface area contributed by atoms with E-state index in [9.17, 15) is 19.8 Å². The summed E-state index contributed by atoms with van der Waals surface area (Å²) < 4.78 is 9.98. The van der Waals surface area contributed by atoms with E-state index in [-0.39, 0.29) is 32.0 Å². The molecule has 2 aromatic carbocycles. The van der Waals surface area contributed by atoms with Crippen molar-refractivity contribution in [3.8, 4) is 0 Å². The number of amides is 1. The molecule has 7 nitrogen and oxygen atoms in total. The molecule has 7 heteroatoms. The number of aliphatic hydroxyl groups is 2. The van der Waals surface area contributed by atoms with E-state index in [4.69, 9.17) is 9.47 Å². The Morgan fingerprint density at radius 1 is 0.966 bits per heavy atom. The Balaban J connectivity index is 1.71. The van der Waals surface area contributed by atoms with E-state index in [0.29, 0.717) is 12.2 Å². The normalized spacial score (nSPS) is 12.7. The van der Waals surface area contributed by atoms with Crippen LogP contribution in [0.15, 0.2) is 54.6 Å². The molecule has 2 unspecified atom stereocenters. The summed E-state index contributed by atoms with van der Waals surface area (Å²) in [5.41, 5.74) is 2.16. The van der Waals surface area contributed by atoms with Crippen molar-refractivity contribution in [1.29, 1.82) is 0 Å². The Kier molecular flexibility index (Phi) is 9.14. The maximum atomic E-state index is 11.7. The maximum absolute atomic E-state index is 11.7. The first-order valence-electron chi connectivity index (χ1n) is 9.54. The number of esters is 1. The first-order valence-corrected chi connectivity index (χ1v) is 9.54. The van der Waals surface area contributed by atoms with Gasteiger partial charge >= 0.3 is 12.1 Å². The number of carbonyl (C=O) groups excluding carboxylic acids is 2. The van der Waals surface area contributed by atoms with E-state index >= 15 is 0 Å². The number of ether oxygens (including phenoxy) is 2. The molecule has 0 aliphatic carbocycles. The van der Waals surface area contributed by atoms with Crippen LogP contribution in [0.1, 0.15) is 36.1 Å². The molecule has 156 valence electrons. The number of nitrogens with one attached hydrogen (secondary N) is 1. The van der Waals surface area contributed by atoms with Crippen molar-refractivity contribution in [1.82, 2.24) is 5.32 Å². The Morgan fingerprint density at radius 2 is 1.66 bits per heavy atom. The van der Waals surface area contributed by atoms with Crippen LogP contribution in [0.5, 0.6) is 0 Å². The van der Waals surface area contributed by atoms with Gasteiger partial charge in [0.05, 0.1) is 19.1 Å². The van der Waals surface area contributed by atoms with Gasteiger partial charge in [0, 0.05) is 6.54 Å². The molecule has 2 atom stereocenters. The van der Waals surface area contributed by atoms with E-state index in [2.05, 4.69) is 5.32 Å². The molecule has 2 rings (SSSR count). The predicted molar refractivity (Wildman–Crippen MR) is 107 cm³/mol. The van der Waals surface area contributed by atoms with Crippen LogP contribution >= 0.6 is 0 Å². The topological polar surface area (TPSA) is 105 Å². The molecule has 3 N–H and O–H groups in total. The minimum absolute atomic E-state index is 0.155. The van der Waals surface area contributed by atoms with E-state index in [1.165, 1.54) is 0 Å². The Labute approximate surface area is 170 Å². The van der Waals surface area contributed by atoms with Crippen molar-refractivity contribution in [3.05, 3.63) is 71.3 Å². The van der Waals surface area contributed by atoms with E-state index in [1.54, 1.807) is 31.2 Å². The molecule has 0 saturated carbocycles. The Hall–Kier alpha value is -2.90. The van der Waals surface area contributed by atoms with Crippen molar-refractivity contribution in [2.24, 2.45) is 0 Å². The molecule has 0 spiro atoms. The van der Waals surface area contributed by atoms with Gasteiger partial charge in [0.1, 0.15) is 12.7 Å². The van der Waals surface area contributed by atoms with Crippen molar-refractivity contribution < 1.29 is 29.3 Å². The fraction of sp³-hybridized carbons (Fsp3) is 0.364. The standard InChI is InChI=1S/C22H27NO6/c1-2-28-20(25)14-16-8-10-18(11-9-16)21(26)19(24)12-13-23-22(27)29-15-17-6-4-3-5-7-17/h3-11,19,21,24,26H,2,12-15H2,1H3,(H,23,27). The minimum atomic E-state index is -1.10. The highest BCUT2D eigenvalue weighted by molar-refractivity contribution is 5.72. The number of carbonyl (C=O) groups is 2. The summed E-state index contributed by atoms with van der Waals surface area (Å²) in [6, 6.07) is 16.0. The molecule has 0 fully saturated rings. The molecular formula is C22H27NO6. The molecule has 1 amide bonds. The van der Waals surface area contributed by atoms with Crippen molar-refractivity contribution in [3.63, 3.8) is 0 Å². The van der Waals surface area contributed by atoms with Gasteiger partial charge in [0.2, 0.25) is 0 Å². The van der Waals surface area contributed by atoms with Crippen LogP contribution in [-0.4, -0.2) is 41.5 Å². The Bertz CT molecular complexity index is 763. The fourth-order valence-electron chi connectivity index (χ4n) is 2.69. The predicted octanol–water partition coefficient (Wildman–Crippen LogP) is 2.50. The van der Waals surface area contributed by atoms with Gasteiger partial charge < -0.3 is 25.0 Å². The average Bonchev–Trinajstić information content (AvgIpc) is 2.73. The number of rotatable bonds is 10. The number of hydrogen-bond donors (Lipinski definition) is 3. The molecule has 0 radical (unpaired) electrons. The third-order valence-corrected chi connectivity index (χ3v) is 4.26. The second-order valence-electron chi connectivity index (χ2n) is 6.51. The lowest BCUT2D eigenvalue weighted by Crippen LogP contribution is -2.29. The molecule has 0 aromatic heterocycles. The monoisotopic (exact) mass is 401 g/mol. The highest BCUT2D eigenvalue weighted by Gasteiger charge is 2.18. The van der Waals surface area contributed by atoms with Gasteiger partial charge in [-0.3, -0.25) is 4.79 Å². The molecule has 0 aliphatic rings. The summed E-state index contributed by atoms with van der Waals surface area (Å²) in [5.74, 6) is -0.314. The molecule has 0 heterocycles. The zero-order valence-electron chi connectivity index (χ0n) is 16.4. The molecule has 0 bridgehead atoms. The average molecular weight is 401 g/mol. The summed E-state index contributed by atoms with van der Waals surface area (Å²) in [7, 11) is 0. The van der Waals surface area contributed by atoms with Crippen molar-refractivity contribution in [2.45, 2.75) is 38.6 Å². The summed E-state index contributed by atoms with van der Waals surface area (Å²) in [6.07, 6.45) is -2.43. The summed E-state index contributed by atoms with van der Waals surface area (Å²) in [5, 5.41) is 23.0. The van der Waals surface area contributed by atoms with Gasteiger partial charge in [-0.15, -0.1) is 0 Å².